The molecular formula is C20H18F2N4O2. The van der Waals surface area contributed by atoms with E-state index in [1.165, 1.54) is 4.90 Å². The Hall–Kier alpha value is -3.29. The number of rotatable bonds is 3. The minimum absolute atomic E-state index is 0.0768. The minimum Gasteiger partial charge on any atom is -0.349 e. The van der Waals surface area contributed by atoms with Gasteiger partial charge < -0.3 is 15.2 Å². The fourth-order valence-electron chi connectivity index (χ4n) is 3.41. The number of hydrogen-bond donors (Lipinski definition) is 2. The monoisotopic (exact) mass is 384 g/mol. The Kier molecular flexibility index (Phi) is 4.77. The van der Waals surface area contributed by atoms with E-state index in [2.05, 4.69) is 15.3 Å². The summed E-state index contributed by atoms with van der Waals surface area (Å²) in [4.78, 5) is 33.5. The topological polar surface area (TPSA) is 78.1 Å². The van der Waals surface area contributed by atoms with Gasteiger partial charge in [-0.3, -0.25) is 9.59 Å². The number of fused-ring (bicyclic) bond motifs is 1. The number of benzene rings is 2. The number of carbonyl (C=O) groups is 2. The summed E-state index contributed by atoms with van der Waals surface area (Å²) in [6, 6.07) is 8.09. The molecular weight excluding hydrogens is 366 g/mol. The van der Waals surface area contributed by atoms with Gasteiger partial charge in [0.25, 0.3) is 11.8 Å². The number of H-pyrrole nitrogens is 1. The number of imidazole rings is 1. The summed E-state index contributed by atoms with van der Waals surface area (Å²) in [5, 5.41) is 2.98. The quantitative estimate of drug-likeness (QED) is 0.729. The fourth-order valence-corrected chi connectivity index (χ4v) is 3.41. The Bertz CT molecular complexity index is 1040. The Labute approximate surface area is 159 Å². The van der Waals surface area contributed by atoms with Crippen molar-refractivity contribution >= 4 is 22.8 Å². The Morgan fingerprint density at radius 3 is 2.64 bits per heavy atom. The zero-order chi connectivity index (χ0) is 19.7. The van der Waals surface area contributed by atoms with Crippen molar-refractivity contribution in [1.82, 2.24) is 20.2 Å². The van der Waals surface area contributed by atoms with Crippen molar-refractivity contribution in [2.24, 2.45) is 0 Å². The maximum absolute atomic E-state index is 13.8. The van der Waals surface area contributed by atoms with Gasteiger partial charge >= 0.3 is 0 Å². The minimum atomic E-state index is -0.866. The standard InChI is InChI=1S/C20H18F2N4O2/c21-13-2-3-15(16(22)10-13)20(28)26-7-5-14(6-8-26)25-19(27)12-1-4-17-18(9-12)24-11-23-17/h1-4,9-11,14H,5-8H2,(H,23,24)(H,25,27). The first-order chi connectivity index (χ1) is 13.5. The Balaban J connectivity index is 1.36. The van der Waals surface area contributed by atoms with Crippen molar-refractivity contribution in [2.75, 3.05) is 13.1 Å². The molecule has 2 aromatic carbocycles. The van der Waals surface area contributed by atoms with Crippen molar-refractivity contribution in [3.63, 3.8) is 0 Å². The van der Waals surface area contributed by atoms with Crippen LogP contribution in [0.3, 0.4) is 0 Å². The van der Waals surface area contributed by atoms with Gasteiger partial charge in [0.05, 0.1) is 22.9 Å². The van der Waals surface area contributed by atoms with Crippen molar-refractivity contribution in [3.8, 4) is 0 Å². The first-order valence-electron chi connectivity index (χ1n) is 8.99. The Morgan fingerprint density at radius 2 is 1.89 bits per heavy atom. The summed E-state index contributed by atoms with van der Waals surface area (Å²) in [6.07, 6.45) is 2.70. The number of carbonyl (C=O) groups excluding carboxylic acids is 2. The number of aromatic amines is 1. The molecule has 28 heavy (non-hydrogen) atoms. The second-order valence-electron chi connectivity index (χ2n) is 6.80. The molecule has 0 atom stereocenters. The van der Waals surface area contributed by atoms with E-state index in [1.807, 2.05) is 0 Å². The highest BCUT2D eigenvalue weighted by atomic mass is 19.1. The molecule has 1 aliphatic heterocycles. The smallest absolute Gasteiger partial charge is 0.256 e. The van der Waals surface area contributed by atoms with Crippen LogP contribution >= 0.6 is 0 Å². The molecule has 3 aromatic rings. The van der Waals surface area contributed by atoms with Crippen LogP contribution in [0.15, 0.2) is 42.7 Å². The van der Waals surface area contributed by atoms with Gasteiger partial charge in [0, 0.05) is 30.8 Å². The van der Waals surface area contributed by atoms with Crippen LogP contribution in [0.25, 0.3) is 11.0 Å². The van der Waals surface area contributed by atoms with Gasteiger partial charge in [-0.1, -0.05) is 0 Å². The second-order valence-corrected chi connectivity index (χ2v) is 6.80. The van der Waals surface area contributed by atoms with E-state index in [0.29, 0.717) is 37.6 Å². The zero-order valence-electron chi connectivity index (χ0n) is 14.9. The van der Waals surface area contributed by atoms with Crippen LogP contribution in [-0.2, 0) is 0 Å². The highest BCUT2D eigenvalue weighted by Crippen LogP contribution is 2.18. The maximum Gasteiger partial charge on any atom is 0.256 e. The molecule has 0 bridgehead atoms. The van der Waals surface area contributed by atoms with E-state index < -0.39 is 17.5 Å². The predicted octanol–water partition coefficient (Wildman–Crippen LogP) is 2.88. The largest absolute Gasteiger partial charge is 0.349 e. The molecule has 2 heterocycles. The molecule has 1 saturated heterocycles. The molecule has 1 fully saturated rings. The van der Waals surface area contributed by atoms with Crippen molar-refractivity contribution in [2.45, 2.75) is 18.9 Å². The van der Waals surface area contributed by atoms with Gasteiger partial charge in [-0.25, -0.2) is 13.8 Å². The third-order valence-electron chi connectivity index (χ3n) is 4.96. The molecule has 2 N–H and O–H groups in total. The van der Waals surface area contributed by atoms with E-state index in [1.54, 1.807) is 24.5 Å². The fraction of sp³-hybridized carbons (Fsp3) is 0.250. The molecule has 0 spiro atoms. The number of aromatic nitrogens is 2. The summed E-state index contributed by atoms with van der Waals surface area (Å²) in [7, 11) is 0. The van der Waals surface area contributed by atoms with Crippen LogP contribution in [0.4, 0.5) is 8.78 Å². The molecule has 0 saturated carbocycles. The summed E-state index contributed by atoms with van der Waals surface area (Å²) in [5.41, 5.74) is 1.96. The third-order valence-corrected chi connectivity index (χ3v) is 4.96. The third kappa shape index (κ3) is 3.58. The number of nitrogens with one attached hydrogen (secondary N) is 2. The molecule has 1 aliphatic rings. The first-order valence-corrected chi connectivity index (χ1v) is 8.99. The average Bonchev–Trinajstić information content (AvgIpc) is 3.16. The van der Waals surface area contributed by atoms with E-state index in [9.17, 15) is 18.4 Å². The van der Waals surface area contributed by atoms with Crippen LogP contribution in [0.1, 0.15) is 33.6 Å². The van der Waals surface area contributed by atoms with Gasteiger partial charge in [0.15, 0.2) is 0 Å². The van der Waals surface area contributed by atoms with Crippen LogP contribution in [0.5, 0.6) is 0 Å². The molecule has 4 rings (SSSR count). The number of halogens is 2. The van der Waals surface area contributed by atoms with Gasteiger partial charge in [0.2, 0.25) is 0 Å². The lowest BCUT2D eigenvalue weighted by Crippen LogP contribution is -2.46. The van der Waals surface area contributed by atoms with Gasteiger partial charge in [-0.05, 0) is 43.2 Å². The summed E-state index contributed by atoms with van der Waals surface area (Å²) in [5.74, 6) is -2.24. The SMILES string of the molecule is O=C(NC1CCN(C(=O)c2ccc(F)cc2F)CC1)c1ccc2nc[nH]c2c1. The van der Waals surface area contributed by atoms with E-state index in [-0.39, 0.29) is 17.5 Å². The average molecular weight is 384 g/mol. The lowest BCUT2D eigenvalue weighted by Gasteiger charge is -2.32. The van der Waals surface area contributed by atoms with E-state index in [4.69, 9.17) is 0 Å². The summed E-state index contributed by atoms with van der Waals surface area (Å²) in [6.45, 7) is 0.778. The van der Waals surface area contributed by atoms with Crippen molar-refractivity contribution in [3.05, 3.63) is 65.5 Å². The maximum atomic E-state index is 13.8. The number of nitrogens with zero attached hydrogens (tertiary/aromatic N) is 2. The summed E-state index contributed by atoms with van der Waals surface area (Å²) < 4.78 is 26.9. The molecule has 8 heteroatoms. The number of hydrogen-bond acceptors (Lipinski definition) is 3. The van der Waals surface area contributed by atoms with E-state index >= 15 is 0 Å². The number of amides is 2. The van der Waals surface area contributed by atoms with Gasteiger partial charge in [0.1, 0.15) is 11.6 Å². The van der Waals surface area contributed by atoms with Crippen LogP contribution in [-0.4, -0.2) is 45.8 Å². The highest BCUT2D eigenvalue weighted by Gasteiger charge is 2.26. The van der Waals surface area contributed by atoms with E-state index in [0.717, 1.165) is 23.2 Å². The molecule has 0 aliphatic carbocycles. The van der Waals surface area contributed by atoms with Crippen LogP contribution in [0, 0.1) is 11.6 Å². The molecule has 0 radical (unpaired) electrons. The number of likely N-dealkylation sites (tertiary alicyclic amines) is 1. The normalized spacial score (nSPS) is 15.0. The van der Waals surface area contributed by atoms with Gasteiger partial charge in [-0.2, -0.15) is 0 Å². The predicted molar refractivity (Wildman–Crippen MR) is 98.8 cm³/mol. The molecule has 144 valence electrons. The second kappa shape index (κ2) is 7.38. The van der Waals surface area contributed by atoms with Gasteiger partial charge in [-0.15, -0.1) is 0 Å². The zero-order valence-corrected chi connectivity index (χ0v) is 14.9. The first kappa shape index (κ1) is 18.1. The molecule has 1 aromatic heterocycles. The molecule has 0 unspecified atom stereocenters. The lowest BCUT2D eigenvalue weighted by atomic mass is 10.0. The van der Waals surface area contributed by atoms with Crippen molar-refractivity contribution < 1.29 is 18.4 Å². The van der Waals surface area contributed by atoms with Crippen LogP contribution in [0.2, 0.25) is 0 Å². The lowest BCUT2D eigenvalue weighted by molar-refractivity contribution is 0.0693. The van der Waals surface area contributed by atoms with Crippen molar-refractivity contribution in [1.29, 1.82) is 0 Å². The highest BCUT2D eigenvalue weighted by molar-refractivity contribution is 5.97. The Morgan fingerprint density at radius 1 is 1.11 bits per heavy atom. The van der Waals surface area contributed by atoms with Crippen LogP contribution < -0.4 is 5.32 Å². The molecule has 6 nitrogen and oxygen atoms in total. The summed E-state index contributed by atoms with van der Waals surface area (Å²) >= 11 is 0. The number of piperidine rings is 1. The molecule has 2 amide bonds.